The first-order chi connectivity index (χ1) is 10.1. The van der Waals surface area contributed by atoms with E-state index in [1.54, 1.807) is 23.1 Å². The Morgan fingerprint density at radius 2 is 2.05 bits per heavy atom. The first-order valence-corrected chi connectivity index (χ1v) is 7.44. The van der Waals surface area contributed by atoms with Gasteiger partial charge in [0, 0.05) is 29.7 Å². The summed E-state index contributed by atoms with van der Waals surface area (Å²) in [6, 6.07) is 9.17. The second kappa shape index (κ2) is 5.53. The van der Waals surface area contributed by atoms with E-state index in [1.807, 2.05) is 19.2 Å². The van der Waals surface area contributed by atoms with Gasteiger partial charge in [0.15, 0.2) is 11.5 Å². The number of carbonyl (C=O) groups is 1. The molecule has 0 aliphatic heterocycles. The number of benzene rings is 1. The van der Waals surface area contributed by atoms with Gasteiger partial charge in [0.2, 0.25) is 0 Å². The van der Waals surface area contributed by atoms with Gasteiger partial charge in [-0.3, -0.25) is 4.79 Å². The second-order valence-electron chi connectivity index (χ2n) is 5.58. The maximum Gasteiger partial charge on any atom is 0.276 e. The van der Waals surface area contributed by atoms with E-state index in [9.17, 15) is 4.79 Å². The molecular weight excluding hydrogens is 288 g/mol. The standard InChI is InChI=1S/C16H17ClN2O2/c1-10(11-3-4-11)19(2)16(20)14-9-15(21-18-14)12-5-7-13(17)8-6-12/h5-11H,3-4H2,1-2H3. The van der Waals surface area contributed by atoms with Gasteiger partial charge in [0.05, 0.1) is 0 Å². The summed E-state index contributed by atoms with van der Waals surface area (Å²) < 4.78 is 5.28. The summed E-state index contributed by atoms with van der Waals surface area (Å²) in [7, 11) is 1.82. The maximum atomic E-state index is 12.4. The molecule has 1 aliphatic rings. The van der Waals surface area contributed by atoms with Crippen molar-refractivity contribution < 1.29 is 9.32 Å². The fraction of sp³-hybridized carbons (Fsp3) is 0.375. The molecule has 110 valence electrons. The van der Waals surface area contributed by atoms with Gasteiger partial charge < -0.3 is 9.42 Å². The highest BCUT2D eigenvalue weighted by atomic mass is 35.5. The van der Waals surface area contributed by atoms with Crippen LogP contribution in [0.25, 0.3) is 11.3 Å². The highest BCUT2D eigenvalue weighted by Gasteiger charge is 2.33. The zero-order chi connectivity index (χ0) is 15.0. The molecule has 0 spiro atoms. The van der Waals surface area contributed by atoms with Crippen molar-refractivity contribution in [3.63, 3.8) is 0 Å². The number of amides is 1. The number of hydrogen-bond acceptors (Lipinski definition) is 3. The Morgan fingerprint density at radius 3 is 2.67 bits per heavy atom. The number of nitrogens with zero attached hydrogens (tertiary/aromatic N) is 2. The minimum atomic E-state index is -0.0987. The van der Waals surface area contributed by atoms with Gasteiger partial charge in [-0.2, -0.15) is 0 Å². The van der Waals surface area contributed by atoms with Crippen molar-refractivity contribution in [2.24, 2.45) is 5.92 Å². The second-order valence-corrected chi connectivity index (χ2v) is 6.01. The first kappa shape index (κ1) is 14.1. The summed E-state index contributed by atoms with van der Waals surface area (Å²) in [5.41, 5.74) is 1.19. The van der Waals surface area contributed by atoms with Crippen LogP contribution in [0, 0.1) is 5.92 Å². The lowest BCUT2D eigenvalue weighted by Crippen LogP contribution is -2.36. The molecule has 0 bridgehead atoms. The van der Waals surface area contributed by atoms with E-state index in [1.165, 1.54) is 12.8 Å². The van der Waals surface area contributed by atoms with E-state index in [0.29, 0.717) is 22.4 Å². The number of rotatable bonds is 4. The van der Waals surface area contributed by atoms with Crippen molar-refractivity contribution in [1.82, 2.24) is 10.1 Å². The monoisotopic (exact) mass is 304 g/mol. The molecule has 0 radical (unpaired) electrons. The molecule has 0 N–H and O–H groups in total. The van der Waals surface area contributed by atoms with Crippen molar-refractivity contribution in [3.8, 4) is 11.3 Å². The van der Waals surface area contributed by atoms with Crippen molar-refractivity contribution in [2.45, 2.75) is 25.8 Å². The van der Waals surface area contributed by atoms with Gasteiger partial charge in [-0.15, -0.1) is 0 Å². The largest absolute Gasteiger partial charge is 0.355 e. The first-order valence-electron chi connectivity index (χ1n) is 7.06. The van der Waals surface area contributed by atoms with Crippen LogP contribution >= 0.6 is 11.6 Å². The SMILES string of the molecule is CC(C1CC1)N(C)C(=O)c1cc(-c2ccc(Cl)cc2)on1. The number of carbonyl (C=O) groups excluding carboxylic acids is 1. The molecule has 4 nitrogen and oxygen atoms in total. The van der Waals surface area contributed by atoms with Gasteiger partial charge in [0.1, 0.15) is 0 Å². The summed E-state index contributed by atoms with van der Waals surface area (Å²) in [6.45, 7) is 2.08. The fourth-order valence-corrected chi connectivity index (χ4v) is 2.51. The van der Waals surface area contributed by atoms with Crippen LogP contribution in [0.3, 0.4) is 0 Å². The molecule has 1 unspecified atom stereocenters. The Labute approximate surface area is 128 Å². The topological polar surface area (TPSA) is 46.3 Å². The number of halogens is 1. The Kier molecular flexibility index (Phi) is 3.72. The molecular formula is C16H17ClN2O2. The maximum absolute atomic E-state index is 12.4. The molecule has 1 aliphatic carbocycles. The highest BCUT2D eigenvalue weighted by molar-refractivity contribution is 6.30. The van der Waals surface area contributed by atoms with Crippen LogP contribution in [-0.4, -0.2) is 29.1 Å². The summed E-state index contributed by atoms with van der Waals surface area (Å²) in [6.07, 6.45) is 2.40. The van der Waals surface area contributed by atoms with E-state index in [0.717, 1.165) is 5.56 Å². The molecule has 1 fully saturated rings. The minimum Gasteiger partial charge on any atom is -0.355 e. The van der Waals surface area contributed by atoms with Gasteiger partial charge in [-0.1, -0.05) is 16.8 Å². The predicted molar refractivity (Wildman–Crippen MR) is 81.2 cm³/mol. The molecule has 3 rings (SSSR count). The molecule has 1 atom stereocenters. The van der Waals surface area contributed by atoms with Gasteiger partial charge in [-0.25, -0.2) is 0 Å². The average molecular weight is 305 g/mol. The molecule has 0 saturated heterocycles. The van der Waals surface area contributed by atoms with Crippen LogP contribution in [-0.2, 0) is 0 Å². The third-order valence-electron chi connectivity index (χ3n) is 4.09. The molecule has 1 amide bonds. The Bertz CT molecular complexity index is 647. The van der Waals surface area contributed by atoms with E-state index >= 15 is 0 Å². The third kappa shape index (κ3) is 2.95. The van der Waals surface area contributed by atoms with Gasteiger partial charge in [0.25, 0.3) is 5.91 Å². The molecule has 1 aromatic carbocycles. The van der Waals surface area contributed by atoms with Crippen molar-refractivity contribution in [2.75, 3.05) is 7.05 Å². The Morgan fingerprint density at radius 1 is 1.38 bits per heavy atom. The van der Waals surface area contributed by atoms with Crippen molar-refractivity contribution >= 4 is 17.5 Å². The Balaban J connectivity index is 1.77. The van der Waals surface area contributed by atoms with Crippen LogP contribution in [0.2, 0.25) is 5.02 Å². The Hall–Kier alpha value is -1.81. The van der Waals surface area contributed by atoms with Crippen LogP contribution < -0.4 is 0 Å². The van der Waals surface area contributed by atoms with Crippen LogP contribution in [0.15, 0.2) is 34.9 Å². The molecule has 1 saturated carbocycles. The van der Waals surface area contributed by atoms with E-state index in [4.69, 9.17) is 16.1 Å². The quantitative estimate of drug-likeness (QED) is 0.861. The van der Waals surface area contributed by atoms with E-state index in [-0.39, 0.29) is 11.9 Å². The summed E-state index contributed by atoms with van der Waals surface area (Å²) in [5.74, 6) is 1.10. The smallest absolute Gasteiger partial charge is 0.276 e. The van der Waals surface area contributed by atoms with Crippen LogP contribution in [0.5, 0.6) is 0 Å². The minimum absolute atomic E-state index is 0.0987. The van der Waals surface area contributed by atoms with Gasteiger partial charge in [-0.05, 0) is 49.9 Å². The highest BCUT2D eigenvalue weighted by Crippen LogP contribution is 2.35. The molecule has 1 heterocycles. The zero-order valence-electron chi connectivity index (χ0n) is 12.0. The van der Waals surface area contributed by atoms with E-state index in [2.05, 4.69) is 12.1 Å². The van der Waals surface area contributed by atoms with Crippen molar-refractivity contribution in [3.05, 3.63) is 41.0 Å². The predicted octanol–water partition coefficient (Wildman–Crippen LogP) is 3.87. The lowest BCUT2D eigenvalue weighted by molar-refractivity contribution is 0.0717. The summed E-state index contributed by atoms with van der Waals surface area (Å²) in [4.78, 5) is 14.2. The molecule has 21 heavy (non-hydrogen) atoms. The fourth-order valence-electron chi connectivity index (χ4n) is 2.39. The normalized spacial score (nSPS) is 15.8. The molecule has 2 aromatic rings. The van der Waals surface area contributed by atoms with Crippen LogP contribution in [0.4, 0.5) is 0 Å². The summed E-state index contributed by atoms with van der Waals surface area (Å²) in [5, 5.41) is 4.56. The lowest BCUT2D eigenvalue weighted by atomic mass is 10.1. The van der Waals surface area contributed by atoms with Crippen LogP contribution in [0.1, 0.15) is 30.3 Å². The number of hydrogen-bond donors (Lipinski definition) is 0. The molecule has 1 aromatic heterocycles. The number of aromatic nitrogens is 1. The summed E-state index contributed by atoms with van der Waals surface area (Å²) >= 11 is 5.86. The molecule has 5 heteroatoms. The average Bonchev–Trinajstić information content (AvgIpc) is 3.23. The lowest BCUT2D eigenvalue weighted by Gasteiger charge is -2.23. The third-order valence-corrected chi connectivity index (χ3v) is 4.35. The van der Waals surface area contributed by atoms with Gasteiger partial charge >= 0.3 is 0 Å². The zero-order valence-corrected chi connectivity index (χ0v) is 12.8. The van der Waals surface area contributed by atoms with E-state index < -0.39 is 0 Å². The van der Waals surface area contributed by atoms with Crippen molar-refractivity contribution in [1.29, 1.82) is 0 Å².